The Morgan fingerprint density at radius 1 is 1.38 bits per heavy atom. The van der Waals surface area contributed by atoms with E-state index in [-0.39, 0.29) is 5.54 Å². The van der Waals surface area contributed by atoms with Crippen LogP contribution in [0.3, 0.4) is 0 Å². The lowest BCUT2D eigenvalue weighted by Crippen LogP contribution is -2.45. The average molecular weight is 221 g/mol. The lowest BCUT2D eigenvalue weighted by Gasteiger charge is -2.25. The third-order valence-electron chi connectivity index (χ3n) is 2.77. The smallest absolute Gasteiger partial charge is 0.0734 e. The topological polar surface area (TPSA) is 70.6 Å². The van der Waals surface area contributed by atoms with Gasteiger partial charge >= 0.3 is 0 Å². The van der Waals surface area contributed by atoms with E-state index in [0.29, 0.717) is 12.3 Å². The van der Waals surface area contributed by atoms with Crippen LogP contribution < -0.4 is 11.1 Å². The van der Waals surface area contributed by atoms with Crippen molar-refractivity contribution in [1.82, 2.24) is 5.32 Å². The van der Waals surface area contributed by atoms with E-state index >= 15 is 0 Å². The van der Waals surface area contributed by atoms with Crippen molar-refractivity contribution in [2.24, 2.45) is 5.16 Å². The number of hydrogen-bond donors (Lipinski definition) is 3. The van der Waals surface area contributed by atoms with Crippen molar-refractivity contribution >= 4 is 11.4 Å². The van der Waals surface area contributed by atoms with Crippen LogP contribution in [0.4, 0.5) is 5.69 Å². The molecule has 0 aliphatic carbocycles. The lowest BCUT2D eigenvalue weighted by atomic mass is 9.99. The highest BCUT2D eigenvalue weighted by atomic mass is 16.4. The predicted octanol–water partition coefficient (Wildman–Crippen LogP) is 1.99. The van der Waals surface area contributed by atoms with Crippen molar-refractivity contribution in [3.8, 4) is 0 Å². The second-order valence-corrected chi connectivity index (χ2v) is 4.41. The molecule has 0 atom stereocenters. The molecule has 0 fully saturated rings. The molecule has 0 bridgehead atoms. The van der Waals surface area contributed by atoms with E-state index in [9.17, 15) is 0 Å². The minimum Gasteiger partial charge on any atom is -0.411 e. The molecule has 0 spiro atoms. The normalized spacial score (nSPS) is 12.8. The van der Waals surface area contributed by atoms with Crippen molar-refractivity contribution in [2.75, 3.05) is 5.73 Å². The van der Waals surface area contributed by atoms with E-state index in [1.54, 1.807) is 6.92 Å². The Labute approximate surface area is 96.2 Å². The number of nitrogens with zero attached hydrogens (tertiary/aromatic N) is 1. The maximum absolute atomic E-state index is 8.74. The van der Waals surface area contributed by atoms with Gasteiger partial charge < -0.3 is 16.3 Å². The molecule has 0 saturated carbocycles. The van der Waals surface area contributed by atoms with E-state index in [1.165, 1.54) is 0 Å². The molecule has 1 aromatic carbocycles. The van der Waals surface area contributed by atoms with Gasteiger partial charge in [-0.2, -0.15) is 0 Å². The molecule has 4 nitrogen and oxygen atoms in total. The first kappa shape index (κ1) is 12.5. The van der Waals surface area contributed by atoms with Crippen molar-refractivity contribution in [1.29, 1.82) is 0 Å². The van der Waals surface area contributed by atoms with Crippen LogP contribution >= 0.6 is 0 Å². The highest BCUT2D eigenvalue weighted by Crippen LogP contribution is 2.09. The van der Waals surface area contributed by atoms with Crippen molar-refractivity contribution in [2.45, 2.75) is 32.9 Å². The summed E-state index contributed by atoms with van der Waals surface area (Å²) in [5.41, 5.74) is 7.84. The Morgan fingerprint density at radius 3 is 2.44 bits per heavy atom. The third-order valence-corrected chi connectivity index (χ3v) is 2.77. The summed E-state index contributed by atoms with van der Waals surface area (Å²) in [7, 11) is 0. The van der Waals surface area contributed by atoms with Crippen LogP contribution in [0.5, 0.6) is 0 Å². The summed E-state index contributed by atoms with van der Waals surface area (Å²) in [4.78, 5) is 0. The van der Waals surface area contributed by atoms with Gasteiger partial charge in [-0.05, 0) is 38.5 Å². The monoisotopic (exact) mass is 221 g/mol. The van der Waals surface area contributed by atoms with Crippen molar-refractivity contribution in [3.05, 3.63) is 29.8 Å². The summed E-state index contributed by atoms with van der Waals surface area (Å²) in [6.45, 7) is 6.44. The number of benzene rings is 1. The fourth-order valence-electron chi connectivity index (χ4n) is 1.21. The summed E-state index contributed by atoms with van der Waals surface area (Å²) in [5.74, 6) is 0. The molecule has 88 valence electrons. The van der Waals surface area contributed by atoms with Gasteiger partial charge in [0.1, 0.15) is 0 Å². The minimum absolute atomic E-state index is 0.323. The average Bonchev–Trinajstić information content (AvgIpc) is 2.27. The summed E-state index contributed by atoms with van der Waals surface area (Å²) in [5, 5.41) is 15.3. The standard InChI is InChI=1S/C12H19N3O/c1-9(15-16)12(2,3)14-8-10-4-6-11(13)7-5-10/h4-7,14,16H,8,13H2,1-3H3. The summed E-state index contributed by atoms with van der Waals surface area (Å²) in [6, 6.07) is 7.70. The number of nitrogen functional groups attached to an aromatic ring is 1. The second kappa shape index (κ2) is 4.99. The molecular weight excluding hydrogens is 202 g/mol. The van der Waals surface area contributed by atoms with Crippen LogP contribution in [-0.4, -0.2) is 16.5 Å². The Kier molecular flexibility index (Phi) is 3.90. The molecule has 0 aliphatic heterocycles. The highest BCUT2D eigenvalue weighted by molar-refractivity contribution is 5.90. The Balaban J connectivity index is 2.61. The molecule has 0 radical (unpaired) electrons. The van der Waals surface area contributed by atoms with Gasteiger partial charge in [-0.15, -0.1) is 0 Å². The first-order valence-electron chi connectivity index (χ1n) is 5.24. The van der Waals surface area contributed by atoms with Gasteiger partial charge in [0.2, 0.25) is 0 Å². The molecule has 0 heterocycles. The maximum atomic E-state index is 8.74. The Bertz CT molecular complexity index is 368. The fraction of sp³-hybridized carbons (Fsp3) is 0.417. The van der Waals surface area contributed by atoms with Crippen LogP contribution in [0, 0.1) is 0 Å². The van der Waals surface area contributed by atoms with Gasteiger partial charge in [0.15, 0.2) is 0 Å². The quantitative estimate of drug-likeness (QED) is 0.315. The molecule has 0 unspecified atom stereocenters. The lowest BCUT2D eigenvalue weighted by molar-refractivity contribution is 0.310. The van der Waals surface area contributed by atoms with Crippen LogP contribution in [-0.2, 0) is 6.54 Å². The molecule has 1 rings (SSSR count). The van der Waals surface area contributed by atoms with Crippen molar-refractivity contribution < 1.29 is 5.21 Å². The summed E-state index contributed by atoms with van der Waals surface area (Å²) < 4.78 is 0. The van der Waals surface area contributed by atoms with Gasteiger partial charge in [0.25, 0.3) is 0 Å². The zero-order chi connectivity index (χ0) is 12.2. The van der Waals surface area contributed by atoms with Gasteiger partial charge in [-0.3, -0.25) is 0 Å². The molecule has 0 aliphatic rings. The number of nitrogens with two attached hydrogens (primary N) is 1. The first-order valence-corrected chi connectivity index (χ1v) is 5.24. The maximum Gasteiger partial charge on any atom is 0.0734 e. The zero-order valence-corrected chi connectivity index (χ0v) is 9.99. The van der Waals surface area contributed by atoms with Crippen LogP contribution in [0.25, 0.3) is 0 Å². The predicted molar refractivity (Wildman–Crippen MR) is 66.7 cm³/mol. The van der Waals surface area contributed by atoms with E-state index in [1.807, 2.05) is 38.1 Å². The fourth-order valence-corrected chi connectivity index (χ4v) is 1.21. The van der Waals surface area contributed by atoms with Gasteiger partial charge in [-0.25, -0.2) is 0 Å². The number of hydrogen-bond acceptors (Lipinski definition) is 4. The number of rotatable bonds is 4. The largest absolute Gasteiger partial charge is 0.411 e. The third kappa shape index (κ3) is 3.24. The molecule has 4 heteroatoms. The number of nitrogens with one attached hydrogen (secondary N) is 1. The molecule has 0 aromatic heterocycles. The zero-order valence-electron chi connectivity index (χ0n) is 9.99. The van der Waals surface area contributed by atoms with Crippen LogP contribution in [0.15, 0.2) is 29.4 Å². The van der Waals surface area contributed by atoms with E-state index in [2.05, 4.69) is 10.5 Å². The second-order valence-electron chi connectivity index (χ2n) is 4.41. The molecule has 4 N–H and O–H groups in total. The molecule has 1 aromatic rings. The highest BCUT2D eigenvalue weighted by Gasteiger charge is 2.20. The number of anilines is 1. The SMILES string of the molecule is CC(=NO)C(C)(C)NCc1ccc(N)cc1. The summed E-state index contributed by atoms with van der Waals surface area (Å²) >= 11 is 0. The molecular formula is C12H19N3O. The summed E-state index contributed by atoms with van der Waals surface area (Å²) in [6.07, 6.45) is 0. The Morgan fingerprint density at radius 2 is 1.94 bits per heavy atom. The van der Waals surface area contributed by atoms with E-state index in [4.69, 9.17) is 10.9 Å². The van der Waals surface area contributed by atoms with Gasteiger partial charge in [0.05, 0.1) is 11.3 Å². The minimum atomic E-state index is -0.323. The van der Waals surface area contributed by atoms with Crippen LogP contribution in [0.1, 0.15) is 26.3 Å². The molecule has 16 heavy (non-hydrogen) atoms. The van der Waals surface area contributed by atoms with Crippen molar-refractivity contribution in [3.63, 3.8) is 0 Å². The molecule has 0 saturated heterocycles. The van der Waals surface area contributed by atoms with E-state index < -0.39 is 0 Å². The molecule has 0 amide bonds. The van der Waals surface area contributed by atoms with E-state index in [0.717, 1.165) is 11.3 Å². The number of oxime groups is 1. The van der Waals surface area contributed by atoms with Gasteiger partial charge in [-0.1, -0.05) is 17.3 Å². The Hall–Kier alpha value is -1.55. The van der Waals surface area contributed by atoms with Crippen LogP contribution in [0.2, 0.25) is 0 Å². The first-order chi connectivity index (χ1) is 7.45. The van der Waals surface area contributed by atoms with Gasteiger partial charge in [0, 0.05) is 12.2 Å².